The van der Waals surface area contributed by atoms with Crippen molar-refractivity contribution < 1.29 is 24.1 Å². The van der Waals surface area contributed by atoms with Gasteiger partial charge in [-0.2, -0.15) is 0 Å². The summed E-state index contributed by atoms with van der Waals surface area (Å²) in [5.74, 6) is 0.660. The molecule has 47 heavy (non-hydrogen) atoms. The Balaban J connectivity index is 1.39. The number of aromatic nitrogens is 2. The molecule has 3 aromatic carbocycles. The molecule has 1 aliphatic heterocycles. The molecule has 242 valence electrons. The van der Waals surface area contributed by atoms with Gasteiger partial charge in [0.05, 0.1) is 25.4 Å². The number of methoxy groups -OCH3 is 2. The van der Waals surface area contributed by atoms with Crippen LogP contribution < -0.4 is 16.0 Å². The van der Waals surface area contributed by atoms with Crippen molar-refractivity contribution in [3.05, 3.63) is 159 Å². The van der Waals surface area contributed by atoms with E-state index < -0.39 is 28.7 Å². The zero-order valence-electron chi connectivity index (χ0n) is 26.8. The van der Waals surface area contributed by atoms with Gasteiger partial charge in [0, 0.05) is 25.3 Å². The average Bonchev–Trinajstić information content (AvgIpc) is 3.39. The van der Waals surface area contributed by atoms with Crippen molar-refractivity contribution >= 4 is 0 Å². The van der Waals surface area contributed by atoms with Gasteiger partial charge >= 0.3 is 5.69 Å². The van der Waals surface area contributed by atoms with Crippen LogP contribution >= 0.6 is 0 Å². The summed E-state index contributed by atoms with van der Waals surface area (Å²) in [5.41, 5.74) is -0.167. The van der Waals surface area contributed by atoms with Crippen LogP contribution in [0.15, 0.2) is 136 Å². The van der Waals surface area contributed by atoms with Crippen LogP contribution in [0.1, 0.15) is 25.0 Å². The summed E-state index contributed by atoms with van der Waals surface area (Å²) in [6, 6.07) is 26.6. The van der Waals surface area contributed by atoms with Gasteiger partial charge in [-0.3, -0.25) is 14.3 Å². The Hall–Kier alpha value is -4.96. The monoisotopic (exact) mass is 634 g/mol. The number of nitrogens with one attached hydrogen (secondary N) is 1. The second-order valence-corrected chi connectivity index (χ2v) is 11.9. The third kappa shape index (κ3) is 6.01. The molecule has 9 nitrogen and oxygen atoms in total. The fraction of sp³-hybridized carbons (Fsp3) is 0.263. The normalized spacial score (nSPS) is 23.5. The van der Waals surface area contributed by atoms with Gasteiger partial charge in [0.25, 0.3) is 5.56 Å². The molecule has 0 radical (unpaired) electrons. The molecular formula is C38H38N2O7. The van der Waals surface area contributed by atoms with Gasteiger partial charge in [0.1, 0.15) is 23.2 Å². The first-order chi connectivity index (χ1) is 22.7. The van der Waals surface area contributed by atoms with E-state index >= 15 is 0 Å². The van der Waals surface area contributed by atoms with E-state index in [9.17, 15) is 14.7 Å². The molecule has 0 saturated carbocycles. The summed E-state index contributed by atoms with van der Waals surface area (Å²) in [5, 5.41) is 11.3. The molecule has 6 rings (SSSR count). The molecule has 0 fully saturated rings. The van der Waals surface area contributed by atoms with E-state index in [0.717, 1.165) is 16.7 Å². The fourth-order valence-electron chi connectivity index (χ4n) is 6.40. The molecular weight excluding hydrogens is 596 g/mol. The van der Waals surface area contributed by atoms with Gasteiger partial charge in [-0.25, -0.2) is 4.79 Å². The van der Waals surface area contributed by atoms with Crippen molar-refractivity contribution in [2.75, 3.05) is 20.8 Å². The SMILES string of the molecule is COc1ccc(C(OC[C@H]2O[C@@](C)(n3cc(-c4ccccc4)c(=O)[nH]c3=O)C=C2O)(C2=CC(C)C(OC)C=C2)c2ccccc2)cc1. The Morgan fingerprint density at radius 3 is 2.26 bits per heavy atom. The summed E-state index contributed by atoms with van der Waals surface area (Å²) in [6.07, 6.45) is 8.09. The number of nitrogens with zero attached hydrogens (tertiary/aromatic N) is 1. The summed E-state index contributed by atoms with van der Waals surface area (Å²) >= 11 is 0. The van der Waals surface area contributed by atoms with Crippen LogP contribution in [0.5, 0.6) is 5.75 Å². The third-order valence-corrected chi connectivity index (χ3v) is 8.86. The zero-order valence-corrected chi connectivity index (χ0v) is 26.8. The number of ether oxygens (including phenoxy) is 4. The van der Waals surface area contributed by atoms with Gasteiger partial charge in [0.15, 0.2) is 5.72 Å². The Morgan fingerprint density at radius 1 is 0.957 bits per heavy atom. The second-order valence-electron chi connectivity index (χ2n) is 11.9. The van der Waals surface area contributed by atoms with E-state index in [1.807, 2.05) is 84.9 Å². The van der Waals surface area contributed by atoms with Crippen LogP contribution in [-0.4, -0.2) is 47.7 Å². The number of H-pyrrole nitrogens is 1. The van der Waals surface area contributed by atoms with Crippen LogP contribution in [0, 0.1) is 5.92 Å². The number of aliphatic hydroxyl groups excluding tert-OH is 1. The maximum absolute atomic E-state index is 13.1. The molecule has 0 spiro atoms. The highest BCUT2D eigenvalue weighted by Crippen LogP contribution is 2.45. The van der Waals surface area contributed by atoms with Gasteiger partial charge in [-0.1, -0.05) is 97.9 Å². The van der Waals surface area contributed by atoms with E-state index in [2.05, 4.69) is 18.0 Å². The van der Waals surface area contributed by atoms with Gasteiger partial charge in [-0.15, -0.1) is 0 Å². The predicted molar refractivity (Wildman–Crippen MR) is 179 cm³/mol. The van der Waals surface area contributed by atoms with Crippen LogP contribution in [0.25, 0.3) is 11.1 Å². The molecule has 0 saturated heterocycles. The van der Waals surface area contributed by atoms with E-state index in [0.29, 0.717) is 16.9 Å². The molecule has 9 heteroatoms. The first-order valence-corrected chi connectivity index (χ1v) is 15.5. The maximum atomic E-state index is 13.1. The first kappa shape index (κ1) is 32.0. The molecule has 3 unspecified atom stereocenters. The lowest BCUT2D eigenvalue weighted by Gasteiger charge is -2.39. The van der Waals surface area contributed by atoms with Crippen molar-refractivity contribution in [2.24, 2.45) is 5.92 Å². The molecule has 5 atom stereocenters. The highest BCUT2D eigenvalue weighted by molar-refractivity contribution is 5.61. The minimum Gasteiger partial charge on any atom is -0.510 e. The lowest BCUT2D eigenvalue weighted by molar-refractivity contribution is -0.120. The van der Waals surface area contributed by atoms with Crippen LogP contribution in [0.4, 0.5) is 0 Å². The van der Waals surface area contributed by atoms with E-state index in [1.54, 1.807) is 33.3 Å². The van der Waals surface area contributed by atoms with Crippen LogP contribution in [0.2, 0.25) is 0 Å². The van der Waals surface area contributed by atoms with Crippen molar-refractivity contribution in [2.45, 2.75) is 37.4 Å². The van der Waals surface area contributed by atoms with Crippen LogP contribution in [-0.2, 0) is 25.5 Å². The van der Waals surface area contributed by atoms with E-state index in [4.69, 9.17) is 18.9 Å². The lowest BCUT2D eigenvalue weighted by Crippen LogP contribution is -2.43. The quantitative estimate of drug-likeness (QED) is 0.226. The summed E-state index contributed by atoms with van der Waals surface area (Å²) in [7, 11) is 3.31. The Morgan fingerprint density at radius 2 is 1.62 bits per heavy atom. The smallest absolute Gasteiger partial charge is 0.330 e. The molecule has 2 heterocycles. The van der Waals surface area contributed by atoms with Crippen molar-refractivity contribution in [1.82, 2.24) is 9.55 Å². The second kappa shape index (κ2) is 13.0. The molecule has 1 aromatic heterocycles. The average molecular weight is 635 g/mol. The zero-order chi connectivity index (χ0) is 33.2. The first-order valence-electron chi connectivity index (χ1n) is 15.5. The number of hydrogen-bond donors (Lipinski definition) is 2. The predicted octanol–water partition coefficient (Wildman–Crippen LogP) is 5.83. The molecule has 4 aromatic rings. The Kier molecular flexibility index (Phi) is 8.88. The Bertz CT molecular complexity index is 1930. The number of benzene rings is 3. The summed E-state index contributed by atoms with van der Waals surface area (Å²) in [4.78, 5) is 28.3. The summed E-state index contributed by atoms with van der Waals surface area (Å²) < 4.78 is 25.8. The third-order valence-electron chi connectivity index (χ3n) is 8.86. The molecule has 2 aliphatic rings. The minimum atomic E-state index is -1.41. The maximum Gasteiger partial charge on any atom is 0.330 e. The fourth-order valence-corrected chi connectivity index (χ4v) is 6.40. The summed E-state index contributed by atoms with van der Waals surface area (Å²) in [6.45, 7) is 3.67. The Labute approximate surface area is 273 Å². The van der Waals surface area contributed by atoms with E-state index in [-0.39, 0.29) is 24.4 Å². The van der Waals surface area contributed by atoms with Gasteiger partial charge < -0.3 is 24.1 Å². The van der Waals surface area contributed by atoms with Crippen LogP contribution in [0.3, 0.4) is 0 Å². The van der Waals surface area contributed by atoms with Crippen molar-refractivity contribution in [3.63, 3.8) is 0 Å². The minimum absolute atomic E-state index is 0.0511. The van der Waals surface area contributed by atoms with E-state index in [1.165, 1.54) is 16.8 Å². The number of hydrogen-bond acceptors (Lipinski definition) is 7. The number of aliphatic hydroxyl groups is 1. The van der Waals surface area contributed by atoms with Crippen molar-refractivity contribution in [1.29, 1.82) is 0 Å². The molecule has 1 aliphatic carbocycles. The lowest BCUT2D eigenvalue weighted by atomic mass is 9.76. The molecule has 2 N–H and O–H groups in total. The highest BCUT2D eigenvalue weighted by atomic mass is 16.6. The number of aromatic amines is 1. The largest absolute Gasteiger partial charge is 0.510 e. The molecule has 0 amide bonds. The highest BCUT2D eigenvalue weighted by Gasteiger charge is 2.44. The standard InChI is InChI=1S/C38H38N2O7/c1-25-21-29(17-20-33(25)45-4)38(27-13-9-6-10-14-27,28-15-18-30(44-3)19-16-28)46-24-34-32(41)22-37(2,47-34)40-23-31(35(42)39-36(40)43)26-11-7-5-8-12-26/h5-23,25,33-34,41H,24H2,1-4H3,(H,39,42,43)/t25?,33?,34-,37-,38?/m1/s1. The number of rotatable bonds is 10. The molecule has 0 bridgehead atoms. The van der Waals surface area contributed by atoms with Gasteiger partial charge in [0.2, 0.25) is 0 Å². The van der Waals surface area contributed by atoms with Gasteiger partial charge in [-0.05, 0) is 41.3 Å². The topological polar surface area (TPSA) is 112 Å². The van der Waals surface area contributed by atoms with Crippen molar-refractivity contribution in [3.8, 4) is 16.9 Å².